The van der Waals surface area contributed by atoms with Gasteiger partial charge in [0.2, 0.25) is 0 Å². The van der Waals surface area contributed by atoms with E-state index < -0.39 is 0 Å². The Morgan fingerprint density at radius 2 is 1.79 bits per heavy atom. The number of carbonyl (C=O) groups is 1. The van der Waals surface area contributed by atoms with Crippen LogP contribution in [0, 0.1) is 12.7 Å². The maximum Gasteiger partial charge on any atom is 0.267 e. The lowest BCUT2D eigenvalue weighted by atomic mass is 10.2. The molecule has 0 bridgehead atoms. The van der Waals surface area contributed by atoms with Gasteiger partial charge in [0.1, 0.15) is 27.4 Å². The van der Waals surface area contributed by atoms with Gasteiger partial charge in [-0.25, -0.2) is 9.37 Å². The number of fused-ring (bicyclic) bond motifs is 1. The summed E-state index contributed by atoms with van der Waals surface area (Å²) in [4.78, 5) is 38.1. The molecule has 0 radical (unpaired) electrons. The third-order valence-electron chi connectivity index (χ3n) is 6.80. The van der Waals surface area contributed by atoms with Crippen LogP contribution < -0.4 is 15.4 Å². The molecular weight excluding hydrogens is 537 g/mol. The summed E-state index contributed by atoms with van der Waals surface area (Å²) in [5, 5.41) is 0. The summed E-state index contributed by atoms with van der Waals surface area (Å²) in [6.45, 7) is 4.68. The van der Waals surface area contributed by atoms with Crippen molar-refractivity contribution in [3.05, 3.63) is 99.0 Å². The van der Waals surface area contributed by atoms with E-state index in [1.165, 1.54) is 21.4 Å². The number of aromatic nitrogens is 2. The number of anilines is 2. The smallest absolute Gasteiger partial charge is 0.267 e. The topological polar surface area (TPSA) is 74.3 Å². The Balaban J connectivity index is 1.35. The van der Waals surface area contributed by atoms with Crippen molar-refractivity contribution >= 4 is 57.4 Å². The van der Waals surface area contributed by atoms with Crippen LogP contribution in [0.15, 0.2) is 75.1 Å². The Labute approximate surface area is 233 Å². The van der Waals surface area contributed by atoms with E-state index in [0.717, 1.165) is 23.0 Å². The zero-order valence-electron chi connectivity index (χ0n) is 21.0. The molecule has 0 spiro atoms. The fraction of sp³-hybridized carbons (Fsp3) is 0.214. The van der Waals surface area contributed by atoms with Gasteiger partial charge in [-0.1, -0.05) is 30.0 Å². The second-order valence-corrected chi connectivity index (χ2v) is 11.1. The van der Waals surface area contributed by atoms with Gasteiger partial charge in [0.05, 0.1) is 23.3 Å². The van der Waals surface area contributed by atoms with Gasteiger partial charge < -0.3 is 14.2 Å². The molecule has 39 heavy (non-hydrogen) atoms. The number of amides is 1. The van der Waals surface area contributed by atoms with E-state index >= 15 is 0 Å². The van der Waals surface area contributed by atoms with Gasteiger partial charge >= 0.3 is 0 Å². The predicted molar refractivity (Wildman–Crippen MR) is 154 cm³/mol. The van der Waals surface area contributed by atoms with Crippen LogP contribution in [0.3, 0.4) is 0 Å². The minimum absolute atomic E-state index is 0.224. The zero-order valence-corrected chi connectivity index (χ0v) is 22.7. The first-order valence-corrected chi connectivity index (χ1v) is 13.7. The van der Waals surface area contributed by atoms with Crippen LogP contribution in [0.5, 0.6) is 0 Å². The van der Waals surface area contributed by atoms with E-state index in [2.05, 4.69) is 9.80 Å². The fourth-order valence-corrected chi connectivity index (χ4v) is 6.01. The molecule has 4 aromatic rings. The minimum Gasteiger partial charge on any atom is -0.467 e. The Hall–Kier alpha value is -3.96. The molecule has 2 aliphatic rings. The molecular formula is C28H24FN5O3S2. The number of furan rings is 1. The first-order valence-electron chi connectivity index (χ1n) is 12.4. The summed E-state index contributed by atoms with van der Waals surface area (Å²) in [6.07, 6.45) is 4.92. The van der Waals surface area contributed by atoms with Crippen molar-refractivity contribution in [2.24, 2.45) is 0 Å². The molecule has 2 aliphatic heterocycles. The first kappa shape index (κ1) is 25.3. The summed E-state index contributed by atoms with van der Waals surface area (Å²) in [5.41, 5.74) is 2.48. The molecule has 0 atom stereocenters. The normalized spacial score (nSPS) is 17.2. The maximum absolute atomic E-state index is 13.8. The average Bonchev–Trinajstić information content (AvgIpc) is 3.55. The first-order chi connectivity index (χ1) is 18.9. The van der Waals surface area contributed by atoms with Gasteiger partial charge in [-0.05, 0) is 61.0 Å². The lowest BCUT2D eigenvalue weighted by Gasteiger charge is -2.37. The number of nitrogens with zero attached hydrogens (tertiary/aromatic N) is 5. The molecule has 2 saturated heterocycles. The Bertz CT molecular complexity index is 1660. The van der Waals surface area contributed by atoms with Crippen molar-refractivity contribution < 1.29 is 13.6 Å². The van der Waals surface area contributed by atoms with Crippen LogP contribution in [0.2, 0.25) is 0 Å². The van der Waals surface area contributed by atoms with Gasteiger partial charge in [0, 0.05) is 38.1 Å². The number of rotatable bonds is 5. The summed E-state index contributed by atoms with van der Waals surface area (Å²) in [6, 6.07) is 13.7. The Morgan fingerprint density at radius 1 is 1.05 bits per heavy atom. The number of thioether (sulfide) groups is 1. The number of pyridine rings is 1. The fourth-order valence-electron chi connectivity index (χ4n) is 4.77. The molecule has 0 unspecified atom stereocenters. The van der Waals surface area contributed by atoms with Gasteiger partial charge in [-0.15, -0.1) is 0 Å². The number of carbonyl (C=O) groups excluding carboxylic acids is 1. The number of hydrogen-bond donors (Lipinski definition) is 0. The second kappa shape index (κ2) is 10.3. The highest BCUT2D eigenvalue weighted by molar-refractivity contribution is 8.26. The molecule has 0 saturated carbocycles. The van der Waals surface area contributed by atoms with Crippen LogP contribution in [-0.4, -0.2) is 50.7 Å². The zero-order chi connectivity index (χ0) is 27.1. The molecule has 5 heterocycles. The third-order valence-corrected chi connectivity index (χ3v) is 8.18. The highest BCUT2D eigenvalue weighted by Gasteiger charge is 2.34. The highest BCUT2D eigenvalue weighted by atomic mass is 32.2. The van der Waals surface area contributed by atoms with E-state index in [-0.39, 0.29) is 23.8 Å². The second-order valence-electron chi connectivity index (χ2n) is 9.39. The molecule has 198 valence electrons. The Kier molecular flexibility index (Phi) is 6.69. The van der Waals surface area contributed by atoms with E-state index in [1.54, 1.807) is 42.8 Å². The molecule has 2 fully saturated rings. The quantitative estimate of drug-likeness (QED) is 0.261. The van der Waals surface area contributed by atoms with Crippen molar-refractivity contribution in [3.8, 4) is 0 Å². The standard InChI is InChI=1S/C28H24FN5O3S2/c1-18-4-9-24-30-25(32-12-10-31(11-13-32)20-7-5-19(29)6-8-20)22(26(35)33(24)16-18)15-23-27(36)34(28(38)39-23)17-21-3-2-14-37-21/h2-9,14-16H,10-13,17H2,1H3/b23-15-. The summed E-state index contributed by atoms with van der Waals surface area (Å²) < 4.78 is 20.7. The highest BCUT2D eigenvalue weighted by Crippen LogP contribution is 2.35. The van der Waals surface area contributed by atoms with Crippen molar-refractivity contribution in [2.45, 2.75) is 13.5 Å². The minimum atomic E-state index is -0.276. The largest absolute Gasteiger partial charge is 0.467 e. The lowest BCUT2D eigenvalue weighted by Crippen LogP contribution is -2.47. The molecule has 1 amide bonds. The van der Waals surface area contributed by atoms with Crippen molar-refractivity contribution in [3.63, 3.8) is 0 Å². The monoisotopic (exact) mass is 561 g/mol. The number of piperazine rings is 1. The molecule has 11 heteroatoms. The van der Waals surface area contributed by atoms with Gasteiger partial charge in [-0.2, -0.15) is 0 Å². The molecule has 3 aromatic heterocycles. The summed E-state index contributed by atoms with van der Waals surface area (Å²) >= 11 is 6.65. The number of thiocarbonyl (C=S) groups is 1. The van der Waals surface area contributed by atoms with Gasteiger partial charge in [0.25, 0.3) is 11.5 Å². The van der Waals surface area contributed by atoms with Gasteiger partial charge in [-0.3, -0.25) is 18.9 Å². The van der Waals surface area contributed by atoms with Crippen LogP contribution in [0.4, 0.5) is 15.9 Å². The van der Waals surface area contributed by atoms with E-state index in [0.29, 0.717) is 58.2 Å². The summed E-state index contributed by atoms with van der Waals surface area (Å²) in [7, 11) is 0. The van der Waals surface area contributed by atoms with Crippen molar-refractivity contribution in [1.82, 2.24) is 14.3 Å². The molecule has 6 rings (SSSR count). The van der Waals surface area contributed by atoms with Crippen LogP contribution >= 0.6 is 24.0 Å². The van der Waals surface area contributed by atoms with Crippen LogP contribution in [-0.2, 0) is 11.3 Å². The average molecular weight is 562 g/mol. The SMILES string of the molecule is Cc1ccc2nc(N3CCN(c4ccc(F)cc4)CC3)c(/C=C3\SC(=S)N(Cc4ccco4)C3=O)c(=O)n2c1. The van der Waals surface area contributed by atoms with Gasteiger partial charge in [0.15, 0.2) is 0 Å². The number of hydrogen-bond acceptors (Lipinski definition) is 8. The molecule has 0 N–H and O–H groups in total. The molecule has 1 aromatic carbocycles. The maximum atomic E-state index is 13.8. The van der Waals surface area contributed by atoms with E-state index in [4.69, 9.17) is 21.6 Å². The number of aryl methyl sites for hydroxylation is 1. The molecule has 8 nitrogen and oxygen atoms in total. The Morgan fingerprint density at radius 3 is 2.51 bits per heavy atom. The van der Waals surface area contributed by atoms with E-state index in [9.17, 15) is 14.0 Å². The van der Waals surface area contributed by atoms with Crippen LogP contribution in [0.1, 0.15) is 16.9 Å². The van der Waals surface area contributed by atoms with Crippen molar-refractivity contribution in [2.75, 3.05) is 36.0 Å². The molecule has 0 aliphatic carbocycles. The summed E-state index contributed by atoms with van der Waals surface area (Å²) in [5.74, 6) is 0.601. The number of halogens is 1. The predicted octanol–water partition coefficient (Wildman–Crippen LogP) is 4.46. The van der Waals surface area contributed by atoms with Crippen molar-refractivity contribution in [1.29, 1.82) is 0 Å². The van der Waals surface area contributed by atoms with E-state index in [1.807, 2.05) is 19.1 Å². The number of benzene rings is 1. The third kappa shape index (κ3) is 4.95. The lowest BCUT2D eigenvalue weighted by molar-refractivity contribution is -0.122. The van der Waals surface area contributed by atoms with Crippen LogP contribution in [0.25, 0.3) is 11.7 Å².